The minimum absolute atomic E-state index is 0.0182. The zero-order valence-corrected chi connectivity index (χ0v) is 19.7. The van der Waals surface area contributed by atoms with Crippen LogP contribution < -0.4 is 5.32 Å². The molecule has 0 atom stereocenters. The summed E-state index contributed by atoms with van der Waals surface area (Å²) in [5.41, 5.74) is 1.31. The third-order valence-corrected chi connectivity index (χ3v) is 5.88. The zero-order chi connectivity index (χ0) is 24.8. The molecule has 1 N–H and O–H groups in total. The van der Waals surface area contributed by atoms with Crippen LogP contribution >= 0.6 is 22.9 Å². The molecule has 0 radical (unpaired) electrons. The van der Waals surface area contributed by atoms with E-state index >= 15 is 0 Å². The van der Waals surface area contributed by atoms with Crippen molar-refractivity contribution in [2.24, 2.45) is 0 Å². The maximum Gasteiger partial charge on any atom is 0.341 e. The van der Waals surface area contributed by atoms with Crippen LogP contribution in [0.25, 0.3) is 11.1 Å². The Morgan fingerprint density at radius 1 is 1.09 bits per heavy atom. The monoisotopic (exact) mass is 502 g/mol. The fraction of sp³-hybridized carbons (Fsp3) is 0.174. The van der Waals surface area contributed by atoms with Crippen LogP contribution in [0.15, 0.2) is 47.8 Å². The minimum Gasteiger partial charge on any atom is -0.462 e. The molecule has 11 heteroatoms. The largest absolute Gasteiger partial charge is 0.462 e. The molecule has 9 nitrogen and oxygen atoms in total. The number of thiophene rings is 1. The maximum absolute atomic E-state index is 12.6. The molecule has 0 saturated heterocycles. The average Bonchev–Trinajstić information content (AvgIpc) is 3.21. The number of esters is 2. The summed E-state index contributed by atoms with van der Waals surface area (Å²) in [6.45, 7) is 2.57. The van der Waals surface area contributed by atoms with E-state index in [4.69, 9.17) is 21.1 Å². The standard InChI is InChI=1S/C23H19ClN2O7S/c1-3-32-23(29)20-17(14-7-9-15(24)10-8-14)12-34-21(20)25-19(27)11-33-22(28)16-5-4-6-18(13(16)2)26(30)31/h4-10,12H,3,11H2,1-2H3,(H,25,27). The highest BCUT2D eigenvalue weighted by Gasteiger charge is 2.24. The summed E-state index contributed by atoms with van der Waals surface area (Å²) >= 11 is 7.06. The van der Waals surface area contributed by atoms with Crippen molar-refractivity contribution in [2.75, 3.05) is 18.5 Å². The normalized spacial score (nSPS) is 10.4. The Morgan fingerprint density at radius 2 is 1.79 bits per heavy atom. The van der Waals surface area contributed by atoms with Crippen molar-refractivity contribution in [1.29, 1.82) is 0 Å². The van der Waals surface area contributed by atoms with Crippen LogP contribution in [0.5, 0.6) is 0 Å². The molecule has 3 aromatic rings. The Balaban J connectivity index is 1.76. The van der Waals surface area contributed by atoms with E-state index in [0.29, 0.717) is 16.1 Å². The van der Waals surface area contributed by atoms with Crippen LogP contribution in [0, 0.1) is 17.0 Å². The lowest BCUT2D eigenvalue weighted by molar-refractivity contribution is -0.385. The Labute approximate surface area is 203 Å². The van der Waals surface area contributed by atoms with Crippen molar-refractivity contribution >= 4 is 51.5 Å². The molecular weight excluding hydrogens is 484 g/mol. The Kier molecular flexibility index (Phi) is 7.98. The topological polar surface area (TPSA) is 125 Å². The molecule has 1 aromatic heterocycles. The first kappa shape index (κ1) is 24.9. The summed E-state index contributed by atoms with van der Waals surface area (Å²) in [5.74, 6) is -2.19. The SMILES string of the molecule is CCOC(=O)c1c(-c2ccc(Cl)cc2)csc1NC(=O)COC(=O)c1cccc([N+](=O)[O-])c1C. The first-order valence-corrected chi connectivity index (χ1v) is 11.2. The number of nitro benzene ring substituents is 1. The van der Waals surface area contributed by atoms with E-state index in [0.717, 1.165) is 11.3 Å². The van der Waals surface area contributed by atoms with Gasteiger partial charge in [-0.2, -0.15) is 0 Å². The lowest BCUT2D eigenvalue weighted by Crippen LogP contribution is -2.22. The number of nitrogens with one attached hydrogen (secondary N) is 1. The number of nitrogens with zero attached hydrogens (tertiary/aromatic N) is 1. The third-order valence-electron chi connectivity index (χ3n) is 4.73. The number of carbonyl (C=O) groups excluding carboxylic acids is 3. The first-order valence-electron chi connectivity index (χ1n) is 9.98. The summed E-state index contributed by atoms with van der Waals surface area (Å²) in [5, 5.41) is 16.1. The molecule has 2 aromatic carbocycles. The molecule has 34 heavy (non-hydrogen) atoms. The number of hydrogen-bond acceptors (Lipinski definition) is 8. The lowest BCUT2D eigenvalue weighted by atomic mass is 10.0. The van der Waals surface area contributed by atoms with E-state index < -0.39 is 29.4 Å². The molecule has 0 fully saturated rings. The number of ether oxygens (including phenoxy) is 2. The van der Waals surface area contributed by atoms with E-state index in [1.54, 1.807) is 36.6 Å². The zero-order valence-electron chi connectivity index (χ0n) is 18.1. The summed E-state index contributed by atoms with van der Waals surface area (Å²) in [4.78, 5) is 47.9. The van der Waals surface area contributed by atoms with Crippen molar-refractivity contribution < 1.29 is 28.8 Å². The van der Waals surface area contributed by atoms with Gasteiger partial charge in [-0.05, 0) is 37.6 Å². The van der Waals surface area contributed by atoms with Gasteiger partial charge in [-0.1, -0.05) is 29.8 Å². The molecule has 0 aliphatic carbocycles. The predicted octanol–water partition coefficient (Wildman–Crippen LogP) is 5.26. The van der Waals surface area contributed by atoms with Crippen molar-refractivity contribution in [3.05, 3.63) is 79.7 Å². The summed E-state index contributed by atoms with van der Waals surface area (Å²) in [6.07, 6.45) is 0. The molecule has 0 unspecified atom stereocenters. The second kappa shape index (κ2) is 10.9. The van der Waals surface area contributed by atoms with Crippen LogP contribution in [0.3, 0.4) is 0 Å². The molecule has 0 spiro atoms. The molecule has 0 bridgehead atoms. The van der Waals surface area contributed by atoms with Crippen LogP contribution in [0.2, 0.25) is 5.02 Å². The Hall–Kier alpha value is -3.76. The van der Waals surface area contributed by atoms with Gasteiger partial charge in [0.1, 0.15) is 10.6 Å². The van der Waals surface area contributed by atoms with Gasteiger partial charge >= 0.3 is 11.9 Å². The smallest absolute Gasteiger partial charge is 0.341 e. The molecule has 0 saturated carbocycles. The third kappa shape index (κ3) is 5.59. The number of benzene rings is 2. The van der Waals surface area contributed by atoms with Crippen LogP contribution in [0.4, 0.5) is 10.7 Å². The number of amides is 1. The van der Waals surface area contributed by atoms with Gasteiger partial charge in [-0.25, -0.2) is 9.59 Å². The Morgan fingerprint density at radius 3 is 2.44 bits per heavy atom. The number of anilines is 1. The van der Waals surface area contributed by atoms with Crippen molar-refractivity contribution in [2.45, 2.75) is 13.8 Å². The Bertz CT molecular complexity index is 1250. The summed E-state index contributed by atoms with van der Waals surface area (Å²) in [6, 6.07) is 10.8. The number of hydrogen-bond donors (Lipinski definition) is 1. The quantitative estimate of drug-likeness (QED) is 0.253. The van der Waals surface area contributed by atoms with Gasteiger partial charge in [-0.3, -0.25) is 14.9 Å². The molecule has 1 heterocycles. The highest BCUT2D eigenvalue weighted by Crippen LogP contribution is 2.36. The van der Waals surface area contributed by atoms with Crippen molar-refractivity contribution in [3.63, 3.8) is 0 Å². The van der Waals surface area contributed by atoms with Crippen molar-refractivity contribution in [1.82, 2.24) is 0 Å². The minimum atomic E-state index is -0.880. The number of rotatable bonds is 8. The van der Waals surface area contributed by atoms with Gasteiger partial charge in [0.15, 0.2) is 6.61 Å². The summed E-state index contributed by atoms with van der Waals surface area (Å²) < 4.78 is 10.2. The molecule has 3 rings (SSSR count). The van der Waals surface area contributed by atoms with Gasteiger partial charge in [0.25, 0.3) is 11.6 Å². The van der Waals surface area contributed by atoms with E-state index in [1.165, 1.54) is 25.1 Å². The number of carbonyl (C=O) groups is 3. The lowest BCUT2D eigenvalue weighted by Gasteiger charge is -2.10. The van der Waals surface area contributed by atoms with Crippen molar-refractivity contribution in [3.8, 4) is 11.1 Å². The summed E-state index contributed by atoms with van der Waals surface area (Å²) in [7, 11) is 0. The van der Waals surface area contributed by atoms with E-state index in [-0.39, 0.29) is 34.0 Å². The molecular formula is C23H19ClN2O7S. The fourth-order valence-corrected chi connectivity index (χ4v) is 4.21. The molecule has 0 aliphatic rings. The molecule has 1 amide bonds. The second-order valence-corrected chi connectivity index (χ2v) is 8.23. The van der Waals surface area contributed by atoms with Gasteiger partial charge < -0.3 is 14.8 Å². The number of nitro groups is 1. The van der Waals surface area contributed by atoms with Gasteiger partial charge in [0, 0.05) is 27.6 Å². The van der Waals surface area contributed by atoms with E-state index in [2.05, 4.69) is 5.32 Å². The van der Waals surface area contributed by atoms with E-state index in [9.17, 15) is 24.5 Å². The number of halogens is 1. The van der Waals surface area contributed by atoms with Gasteiger partial charge in [-0.15, -0.1) is 11.3 Å². The molecule has 0 aliphatic heterocycles. The molecule has 176 valence electrons. The average molecular weight is 503 g/mol. The first-order chi connectivity index (χ1) is 16.2. The van der Waals surface area contributed by atoms with Gasteiger partial charge in [0.2, 0.25) is 0 Å². The fourth-order valence-electron chi connectivity index (χ4n) is 3.11. The van der Waals surface area contributed by atoms with Crippen LogP contribution in [0.1, 0.15) is 33.2 Å². The predicted molar refractivity (Wildman–Crippen MR) is 127 cm³/mol. The van der Waals surface area contributed by atoms with E-state index in [1.807, 2.05) is 0 Å². The maximum atomic E-state index is 12.6. The second-order valence-electron chi connectivity index (χ2n) is 6.91. The highest BCUT2D eigenvalue weighted by molar-refractivity contribution is 7.15. The van der Waals surface area contributed by atoms with Gasteiger partial charge in [0.05, 0.1) is 17.1 Å². The van der Waals surface area contributed by atoms with Crippen LogP contribution in [-0.2, 0) is 14.3 Å². The highest BCUT2D eigenvalue weighted by atomic mass is 35.5. The van der Waals surface area contributed by atoms with Crippen LogP contribution in [-0.4, -0.2) is 36.0 Å².